The average molecular weight is 417 g/mol. The van der Waals surface area contributed by atoms with Gasteiger partial charge in [-0.15, -0.1) is 0 Å². The summed E-state index contributed by atoms with van der Waals surface area (Å²) in [6, 6.07) is 14.9. The van der Waals surface area contributed by atoms with E-state index in [4.69, 9.17) is 14.2 Å². The third-order valence-electron chi connectivity index (χ3n) is 4.39. The Morgan fingerprint density at radius 1 is 1.00 bits per heavy atom. The van der Waals surface area contributed by atoms with Crippen LogP contribution >= 0.6 is 0 Å². The number of hydrazine groups is 1. The number of nitrogens with one attached hydrogen (secondary N) is 2. The van der Waals surface area contributed by atoms with Gasteiger partial charge >= 0.3 is 12.1 Å². The molecule has 0 unspecified atom stereocenters. The first kappa shape index (κ1) is 23.0. The van der Waals surface area contributed by atoms with Crippen LogP contribution in [0.25, 0.3) is 0 Å². The number of phenols is 1. The molecule has 3 N–H and O–H groups in total. The Kier molecular flexibility index (Phi) is 8.45. The predicted molar refractivity (Wildman–Crippen MR) is 109 cm³/mol. The van der Waals surface area contributed by atoms with E-state index in [1.54, 1.807) is 19.1 Å². The number of methoxy groups -OCH3 is 2. The molecule has 2 rings (SSSR count). The maximum atomic E-state index is 12.7. The summed E-state index contributed by atoms with van der Waals surface area (Å²) in [7, 11) is 2.92. The minimum absolute atomic E-state index is 0.0449. The number of amides is 3. The van der Waals surface area contributed by atoms with Gasteiger partial charge in [0.2, 0.25) is 0 Å². The van der Waals surface area contributed by atoms with E-state index in [0.717, 1.165) is 10.6 Å². The lowest BCUT2D eigenvalue weighted by Crippen LogP contribution is -2.53. The minimum atomic E-state index is -1.02. The quantitative estimate of drug-likeness (QED) is 0.450. The molecule has 0 radical (unpaired) electrons. The normalized spacial score (nSPS) is 10.9. The molecule has 2 aromatic carbocycles. The molecule has 0 spiro atoms. The van der Waals surface area contributed by atoms with E-state index >= 15 is 0 Å². The van der Waals surface area contributed by atoms with Gasteiger partial charge in [-0.2, -0.15) is 0 Å². The fourth-order valence-corrected chi connectivity index (χ4v) is 2.37. The number of carbonyl (C=O) groups excluding carboxylic acids is 2. The van der Waals surface area contributed by atoms with Gasteiger partial charge in [-0.25, -0.2) is 20.0 Å². The maximum absolute atomic E-state index is 12.7. The second-order valence-corrected chi connectivity index (χ2v) is 6.63. The van der Waals surface area contributed by atoms with Crippen LogP contribution < -0.4 is 10.7 Å². The molecular weight excluding hydrogens is 390 g/mol. The summed E-state index contributed by atoms with van der Waals surface area (Å²) in [6.45, 7) is 1.82. The van der Waals surface area contributed by atoms with E-state index in [1.807, 2.05) is 30.3 Å². The standard InChI is InChI=1S/C21H27N3O6/c1-21(28-2,29-3)15-22-19(26)24(13-16-9-11-18(25)12-10-16)23-20(27)30-14-17-7-5-4-6-8-17/h4-12,25H,13-15H2,1-3H3,(H,22,26)(H,23,27). The first-order valence-electron chi connectivity index (χ1n) is 9.26. The zero-order chi connectivity index (χ0) is 22.0. The molecule has 0 atom stereocenters. The first-order valence-corrected chi connectivity index (χ1v) is 9.26. The van der Waals surface area contributed by atoms with E-state index < -0.39 is 17.9 Å². The molecule has 0 aliphatic rings. The van der Waals surface area contributed by atoms with Crippen molar-refractivity contribution in [3.8, 4) is 5.75 Å². The van der Waals surface area contributed by atoms with Crippen molar-refractivity contribution in [1.29, 1.82) is 0 Å². The van der Waals surface area contributed by atoms with Gasteiger partial charge in [-0.05, 0) is 30.2 Å². The molecule has 3 amide bonds. The van der Waals surface area contributed by atoms with Crippen LogP contribution in [0.2, 0.25) is 0 Å². The second-order valence-electron chi connectivity index (χ2n) is 6.63. The molecule has 30 heavy (non-hydrogen) atoms. The zero-order valence-corrected chi connectivity index (χ0v) is 17.3. The van der Waals surface area contributed by atoms with Crippen LogP contribution in [-0.2, 0) is 27.4 Å². The summed E-state index contributed by atoms with van der Waals surface area (Å²) in [5, 5.41) is 13.2. The number of phenolic OH excluding ortho intramolecular Hbond substituents is 1. The number of hydrogen-bond donors (Lipinski definition) is 3. The van der Waals surface area contributed by atoms with Gasteiger partial charge in [0.15, 0.2) is 5.79 Å². The maximum Gasteiger partial charge on any atom is 0.426 e. The Bertz CT molecular complexity index is 809. The highest BCUT2D eigenvalue weighted by molar-refractivity contribution is 5.77. The number of nitrogens with zero attached hydrogens (tertiary/aromatic N) is 1. The van der Waals surface area contributed by atoms with Gasteiger partial charge < -0.3 is 24.6 Å². The molecule has 0 aliphatic heterocycles. The number of aromatic hydroxyl groups is 1. The lowest BCUT2D eigenvalue weighted by Gasteiger charge is -2.29. The number of ether oxygens (including phenoxy) is 3. The van der Waals surface area contributed by atoms with E-state index in [9.17, 15) is 14.7 Å². The van der Waals surface area contributed by atoms with Crippen molar-refractivity contribution in [1.82, 2.24) is 15.8 Å². The molecule has 0 aliphatic carbocycles. The lowest BCUT2D eigenvalue weighted by atomic mass is 10.2. The Hall–Kier alpha value is -3.30. The summed E-state index contributed by atoms with van der Waals surface area (Å²) < 4.78 is 15.6. The zero-order valence-electron chi connectivity index (χ0n) is 17.3. The first-order chi connectivity index (χ1) is 14.3. The molecule has 0 bridgehead atoms. The highest BCUT2D eigenvalue weighted by atomic mass is 16.7. The fraction of sp³-hybridized carbons (Fsp3) is 0.333. The Morgan fingerprint density at radius 3 is 2.23 bits per heavy atom. The van der Waals surface area contributed by atoms with Gasteiger partial charge in [-0.1, -0.05) is 42.5 Å². The predicted octanol–water partition coefficient (Wildman–Crippen LogP) is 2.75. The van der Waals surface area contributed by atoms with Crippen molar-refractivity contribution < 1.29 is 28.9 Å². The van der Waals surface area contributed by atoms with Gasteiger partial charge in [0.05, 0.1) is 13.1 Å². The molecule has 2 aromatic rings. The van der Waals surface area contributed by atoms with Crippen LogP contribution in [0.1, 0.15) is 18.1 Å². The third-order valence-corrected chi connectivity index (χ3v) is 4.39. The minimum Gasteiger partial charge on any atom is -0.508 e. The van der Waals surface area contributed by atoms with Crippen molar-refractivity contribution in [3.63, 3.8) is 0 Å². The SMILES string of the molecule is COC(C)(CNC(=O)N(Cc1ccc(O)cc1)NC(=O)OCc1ccccc1)OC. The monoisotopic (exact) mass is 417 g/mol. The molecule has 0 fully saturated rings. The van der Waals surface area contributed by atoms with Crippen molar-refractivity contribution in [2.75, 3.05) is 20.8 Å². The molecule has 0 saturated heterocycles. The molecule has 162 valence electrons. The van der Waals surface area contributed by atoms with Crippen LogP contribution in [-0.4, -0.2) is 48.8 Å². The fourth-order valence-electron chi connectivity index (χ4n) is 2.37. The molecule has 0 saturated carbocycles. The summed E-state index contributed by atoms with van der Waals surface area (Å²) in [5.41, 5.74) is 3.94. The molecule has 0 heterocycles. The van der Waals surface area contributed by atoms with Crippen molar-refractivity contribution in [3.05, 3.63) is 65.7 Å². The number of benzene rings is 2. The Balaban J connectivity index is 2.02. The smallest absolute Gasteiger partial charge is 0.426 e. The highest BCUT2D eigenvalue weighted by Gasteiger charge is 2.26. The average Bonchev–Trinajstić information content (AvgIpc) is 2.77. The topological polar surface area (TPSA) is 109 Å². The van der Waals surface area contributed by atoms with Crippen molar-refractivity contribution >= 4 is 12.1 Å². The number of hydrogen-bond acceptors (Lipinski definition) is 6. The van der Waals surface area contributed by atoms with Gasteiger partial charge in [0.25, 0.3) is 0 Å². The second kappa shape index (κ2) is 11.0. The molecule has 9 nitrogen and oxygen atoms in total. The van der Waals surface area contributed by atoms with Gasteiger partial charge in [-0.3, -0.25) is 0 Å². The van der Waals surface area contributed by atoms with Crippen LogP contribution in [0.4, 0.5) is 9.59 Å². The van der Waals surface area contributed by atoms with Crippen LogP contribution in [0.3, 0.4) is 0 Å². The molecule has 0 aromatic heterocycles. The van der Waals surface area contributed by atoms with E-state index in [1.165, 1.54) is 26.4 Å². The summed E-state index contributed by atoms with van der Waals surface area (Å²) in [6.07, 6.45) is -0.783. The van der Waals surface area contributed by atoms with Crippen LogP contribution in [0, 0.1) is 0 Å². The van der Waals surface area contributed by atoms with Crippen LogP contribution in [0.15, 0.2) is 54.6 Å². The van der Waals surface area contributed by atoms with Crippen molar-refractivity contribution in [2.24, 2.45) is 0 Å². The third kappa shape index (κ3) is 7.26. The van der Waals surface area contributed by atoms with Crippen molar-refractivity contribution in [2.45, 2.75) is 25.9 Å². The van der Waals surface area contributed by atoms with Crippen LogP contribution in [0.5, 0.6) is 5.75 Å². The highest BCUT2D eigenvalue weighted by Crippen LogP contribution is 2.12. The molecular formula is C21H27N3O6. The van der Waals surface area contributed by atoms with E-state index in [-0.39, 0.29) is 25.4 Å². The summed E-state index contributed by atoms with van der Waals surface area (Å²) in [5.74, 6) is -0.922. The number of carbonyl (C=O) groups is 2. The van der Waals surface area contributed by atoms with E-state index in [2.05, 4.69) is 10.7 Å². The summed E-state index contributed by atoms with van der Waals surface area (Å²) >= 11 is 0. The summed E-state index contributed by atoms with van der Waals surface area (Å²) in [4.78, 5) is 24.9. The van der Waals surface area contributed by atoms with Gasteiger partial charge in [0.1, 0.15) is 12.4 Å². The Labute approximate surface area is 175 Å². The van der Waals surface area contributed by atoms with E-state index in [0.29, 0.717) is 5.56 Å². The largest absolute Gasteiger partial charge is 0.508 e. The number of rotatable bonds is 8. The van der Waals surface area contributed by atoms with Gasteiger partial charge in [0, 0.05) is 14.2 Å². The molecule has 9 heteroatoms. The lowest BCUT2D eigenvalue weighted by molar-refractivity contribution is -0.188. The Morgan fingerprint density at radius 2 is 1.63 bits per heavy atom. The number of urea groups is 1.